The van der Waals surface area contributed by atoms with Crippen LogP contribution in [0.5, 0.6) is 0 Å². The van der Waals surface area contributed by atoms with Crippen molar-refractivity contribution >= 4 is 0 Å². The Kier molecular flexibility index (Phi) is 3.31. The Balaban J connectivity index is 1.82. The fourth-order valence-electron chi connectivity index (χ4n) is 1.49. The molecular formula is C12H14FN3. The molecule has 0 unspecified atom stereocenters. The number of nitrogens with zero attached hydrogens (tertiary/aromatic N) is 2. The zero-order chi connectivity index (χ0) is 11.4. The SMILES string of the molecule is Cn1ccc(CNCc2ccc(F)cc2)n1. The number of hydrogen-bond donors (Lipinski definition) is 1. The molecule has 0 spiro atoms. The second kappa shape index (κ2) is 4.90. The Morgan fingerprint density at radius 1 is 1.19 bits per heavy atom. The van der Waals surface area contributed by atoms with Crippen molar-refractivity contribution in [1.29, 1.82) is 0 Å². The van der Waals surface area contributed by atoms with Gasteiger partial charge in [-0.2, -0.15) is 5.10 Å². The first-order chi connectivity index (χ1) is 7.74. The van der Waals surface area contributed by atoms with E-state index in [1.165, 1.54) is 12.1 Å². The number of halogens is 1. The van der Waals surface area contributed by atoms with Crippen molar-refractivity contribution in [3.8, 4) is 0 Å². The lowest BCUT2D eigenvalue weighted by Crippen LogP contribution is -2.13. The number of nitrogens with one attached hydrogen (secondary N) is 1. The maximum Gasteiger partial charge on any atom is 0.123 e. The average molecular weight is 219 g/mol. The van der Waals surface area contributed by atoms with Crippen LogP contribution in [-0.2, 0) is 20.1 Å². The van der Waals surface area contributed by atoms with Crippen LogP contribution in [-0.4, -0.2) is 9.78 Å². The van der Waals surface area contributed by atoms with E-state index in [0.29, 0.717) is 0 Å². The summed E-state index contributed by atoms with van der Waals surface area (Å²) in [7, 11) is 1.89. The first-order valence-corrected chi connectivity index (χ1v) is 5.18. The summed E-state index contributed by atoms with van der Waals surface area (Å²) in [5.41, 5.74) is 2.07. The van der Waals surface area contributed by atoms with Gasteiger partial charge in [-0.25, -0.2) is 4.39 Å². The van der Waals surface area contributed by atoms with Crippen molar-refractivity contribution in [1.82, 2.24) is 15.1 Å². The molecule has 0 aliphatic heterocycles. The van der Waals surface area contributed by atoms with E-state index < -0.39 is 0 Å². The number of hydrogen-bond acceptors (Lipinski definition) is 2. The highest BCUT2D eigenvalue weighted by atomic mass is 19.1. The zero-order valence-electron chi connectivity index (χ0n) is 9.15. The van der Waals surface area contributed by atoms with E-state index in [-0.39, 0.29) is 5.82 Å². The van der Waals surface area contributed by atoms with Gasteiger partial charge in [-0.3, -0.25) is 4.68 Å². The minimum atomic E-state index is -0.200. The van der Waals surface area contributed by atoms with Crippen molar-refractivity contribution in [2.45, 2.75) is 13.1 Å². The maximum absolute atomic E-state index is 12.6. The second-order valence-electron chi connectivity index (χ2n) is 3.71. The molecule has 0 bridgehead atoms. The first kappa shape index (κ1) is 10.8. The highest BCUT2D eigenvalue weighted by molar-refractivity contribution is 5.15. The summed E-state index contributed by atoms with van der Waals surface area (Å²) in [5, 5.41) is 7.50. The molecular weight excluding hydrogens is 205 g/mol. The molecule has 4 heteroatoms. The predicted molar refractivity (Wildman–Crippen MR) is 60.2 cm³/mol. The largest absolute Gasteiger partial charge is 0.307 e. The molecule has 1 N–H and O–H groups in total. The van der Waals surface area contributed by atoms with Gasteiger partial charge in [0.1, 0.15) is 5.82 Å². The summed E-state index contributed by atoms with van der Waals surface area (Å²) in [5.74, 6) is -0.200. The molecule has 0 atom stereocenters. The van der Waals surface area contributed by atoms with Crippen LogP contribution in [0.15, 0.2) is 36.5 Å². The zero-order valence-corrected chi connectivity index (χ0v) is 9.15. The van der Waals surface area contributed by atoms with Gasteiger partial charge in [-0.1, -0.05) is 12.1 Å². The van der Waals surface area contributed by atoms with Crippen LogP contribution in [0.1, 0.15) is 11.3 Å². The molecule has 2 aromatic rings. The topological polar surface area (TPSA) is 29.9 Å². The molecule has 0 amide bonds. The minimum absolute atomic E-state index is 0.200. The summed E-state index contributed by atoms with van der Waals surface area (Å²) in [6.45, 7) is 1.44. The Hall–Kier alpha value is -1.68. The number of aryl methyl sites for hydroxylation is 1. The van der Waals surface area contributed by atoms with Crippen molar-refractivity contribution in [2.75, 3.05) is 0 Å². The number of aromatic nitrogens is 2. The van der Waals surface area contributed by atoms with Gasteiger partial charge in [0, 0.05) is 26.3 Å². The summed E-state index contributed by atoms with van der Waals surface area (Å²) >= 11 is 0. The molecule has 1 heterocycles. The molecule has 0 aliphatic carbocycles. The van der Waals surface area contributed by atoms with Crippen LogP contribution in [0.3, 0.4) is 0 Å². The molecule has 84 valence electrons. The summed E-state index contributed by atoms with van der Waals surface area (Å²) < 4.78 is 14.4. The molecule has 0 aliphatic rings. The fraction of sp³-hybridized carbons (Fsp3) is 0.250. The third-order valence-corrected chi connectivity index (χ3v) is 2.32. The lowest BCUT2D eigenvalue weighted by molar-refractivity contribution is 0.623. The monoisotopic (exact) mass is 219 g/mol. The van der Waals surface area contributed by atoms with Crippen molar-refractivity contribution in [3.63, 3.8) is 0 Å². The third-order valence-electron chi connectivity index (χ3n) is 2.32. The molecule has 16 heavy (non-hydrogen) atoms. The molecule has 1 aromatic heterocycles. The van der Waals surface area contributed by atoms with Gasteiger partial charge in [-0.15, -0.1) is 0 Å². The van der Waals surface area contributed by atoms with E-state index >= 15 is 0 Å². The van der Waals surface area contributed by atoms with Crippen LogP contribution in [0.2, 0.25) is 0 Å². The fourth-order valence-corrected chi connectivity index (χ4v) is 1.49. The van der Waals surface area contributed by atoms with Crippen LogP contribution < -0.4 is 5.32 Å². The summed E-state index contributed by atoms with van der Waals surface area (Å²) in [4.78, 5) is 0. The summed E-state index contributed by atoms with van der Waals surface area (Å²) in [6, 6.07) is 8.47. The Morgan fingerprint density at radius 3 is 2.56 bits per heavy atom. The summed E-state index contributed by atoms with van der Waals surface area (Å²) in [6.07, 6.45) is 1.91. The van der Waals surface area contributed by atoms with E-state index in [0.717, 1.165) is 24.3 Å². The molecule has 0 saturated carbocycles. The normalized spacial score (nSPS) is 10.6. The van der Waals surface area contributed by atoms with E-state index in [1.807, 2.05) is 19.3 Å². The lowest BCUT2D eigenvalue weighted by atomic mass is 10.2. The van der Waals surface area contributed by atoms with Crippen LogP contribution in [0.4, 0.5) is 4.39 Å². The van der Waals surface area contributed by atoms with Crippen molar-refractivity contribution in [2.24, 2.45) is 7.05 Å². The van der Waals surface area contributed by atoms with E-state index in [9.17, 15) is 4.39 Å². The second-order valence-corrected chi connectivity index (χ2v) is 3.71. The molecule has 0 saturated heterocycles. The highest BCUT2D eigenvalue weighted by Gasteiger charge is 1.97. The van der Waals surface area contributed by atoms with Gasteiger partial charge in [0.2, 0.25) is 0 Å². The molecule has 1 aromatic carbocycles. The van der Waals surface area contributed by atoms with Crippen LogP contribution in [0.25, 0.3) is 0 Å². The minimum Gasteiger partial charge on any atom is -0.307 e. The Labute approximate surface area is 93.9 Å². The maximum atomic E-state index is 12.6. The smallest absolute Gasteiger partial charge is 0.123 e. The van der Waals surface area contributed by atoms with Crippen molar-refractivity contribution in [3.05, 3.63) is 53.6 Å². The van der Waals surface area contributed by atoms with E-state index in [4.69, 9.17) is 0 Å². The number of rotatable bonds is 4. The van der Waals surface area contributed by atoms with Gasteiger partial charge >= 0.3 is 0 Å². The van der Waals surface area contributed by atoms with Crippen LogP contribution in [0, 0.1) is 5.82 Å². The molecule has 2 rings (SSSR count). The van der Waals surface area contributed by atoms with Gasteiger partial charge in [0.25, 0.3) is 0 Å². The highest BCUT2D eigenvalue weighted by Crippen LogP contribution is 2.02. The predicted octanol–water partition coefficient (Wildman–Crippen LogP) is 1.85. The average Bonchev–Trinajstić information content (AvgIpc) is 2.67. The first-order valence-electron chi connectivity index (χ1n) is 5.18. The van der Waals surface area contributed by atoms with E-state index in [1.54, 1.807) is 16.8 Å². The Bertz CT molecular complexity index is 448. The van der Waals surface area contributed by atoms with Gasteiger partial charge in [0.15, 0.2) is 0 Å². The quantitative estimate of drug-likeness (QED) is 0.850. The lowest BCUT2D eigenvalue weighted by Gasteiger charge is -2.02. The van der Waals surface area contributed by atoms with Crippen LogP contribution >= 0.6 is 0 Å². The van der Waals surface area contributed by atoms with Crippen molar-refractivity contribution < 1.29 is 4.39 Å². The molecule has 0 radical (unpaired) electrons. The Morgan fingerprint density at radius 2 is 1.94 bits per heavy atom. The van der Waals surface area contributed by atoms with Gasteiger partial charge in [0.05, 0.1) is 5.69 Å². The molecule has 0 fully saturated rings. The van der Waals surface area contributed by atoms with Gasteiger partial charge in [-0.05, 0) is 23.8 Å². The van der Waals surface area contributed by atoms with Gasteiger partial charge < -0.3 is 5.32 Å². The standard InChI is InChI=1S/C12H14FN3/c1-16-7-6-12(15-16)9-14-8-10-2-4-11(13)5-3-10/h2-7,14H,8-9H2,1H3. The third kappa shape index (κ3) is 2.90. The number of benzene rings is 1. The van der Waals surface area contributed by atoms with E-state index in [2.05, 4.69) is 10.4 Å². The molecule has 3 nitrogen and oxygen atoms in total.